The number of nitrogens with one attached hydrogen (secondary N) is 1. The Hall–Kier alpha value is -1.84. The van der Waals surface area contributed by atoms with E-state index in [9.17, 15) is 9.59 Å². The standard InChI is InChI=1S/C25H34N2O2/c28-23(16-25-13-19-10-20(14-25)12-21(11-19)15-25)26-17-18-4-6-22(7-5-18)24(29)27-8-2-1-3-9-27/h4-7,19-21H,1-3,8-17H2,(H,26,28). The predicted molar refractivity (Wildman–Crippen MR) is 113 cm³/mol. The van der Waals surface area contributed by atoms with Gasteiger partial charge in [-0.25, -0.2) is 0 Å². The minimum atomic E-state index is 0.141. The van der Waals surface area contributed by atoms with Crippen molar-refractivity contribution in [2.45, 2.75) is 70.8 Å². The van der Waals surface area contributed by atoms with E-state index in [0.29, 0.717) is 18.4 Å². The SMILES string of the molecule is O=C(CC12CC3CC(CC(C3)C1)C2)NCc1ccc(C(=O)N2CCCCC2)cc1. The summed E-state index contributed by atoms with van der Waals surface area (Å²) in [6.45, 7) is 2.31. The Labute approximate surface area is 174 Å². The van der Waals surface area contributed by atoms with Gasteiger partial charge in [0.15, 0.2) is 0 Å². The van der Waals surface area contributed by atoms with Crippen LogP contribution in [0.15, 0.2) is 24.3 Å². The summed E-state index contributed by atoms with van der Waals surface area (Å²) in [5.41, 5.74) is 2.12. The van der Waals surface area contributed by atoms with Gasteiger partial charge in [-0.3, -0.25) is 9.59 Å². The van der Waals surface area contributed by atoms with Gasteiger partial charge in [0.05, 0.1) is 0 Å². The highest BCUT2D eigenvalue weighted by Crippen LogP contribution is 2.61. The second-order valence-corrected chi connectivity index (χ2v) is 10.4. The number of hydrogen-bond donors (Lipinski definition) is 1. The molecule has 2 amide bonds. The van der Waals surface area contributed by atoms with E-state index in [0.717, 1.165) is 54.8 Å². The van der Waals surface area contributed by atoms with Gasteiger partial charge in [-0.1, -0.05) is 12.1 Å². The molecule has 4 heteroatoms. The molecule has 5 aliphatic rings. The van der Waals surface area contributed by atoms with Gasteiger partial charge >= 0.3 is 0 Å². The summed E-state index contributed by atoms with van der Waals surface area (Å²) in [6.07, 6.45) is 12.3. The van der Waals surface area contributed by atoms with Crippen LogP contribution in [-0.2, 0) is 11.3 Å². The molecule has 4 nitrogen and oxygen atoms in total. The maximum Gasteiger partial charge on any atom is 0.253 e. The van der Waals surface area contributed by atoms with Crippen molar-refractivity contribution in [2.75, 3.05) is 13.1 Å². The number of piperidine rings is 1. The summed E-state index contributed by atoms with van der Waals surface area (Å²) in [7, 11) is 0. The highest BCUT2D eigenvalue weighted by Gasteiger charge is 2.51. The molecule has 4 saturated carbocycles. The van der Waals surface area contributed by atoms with Crippen molar-refractivity contribution in [1.29, 1.82) is 0 Å². The van der Waals surface area contributed by atoms with Crippen LogP contribution in [0.1, 0.15) is 80.1 Å². The lowest BCUT2D eigenvalue weighted by atomic mass is 9.49. The second-order valence-electron chi connectivity index (χ2n) is 10.4. The van der Waals surface area contributed by atoms with Gasteiger partial charge in [0.1, 0.15) is 0 Å². The van der Waals surface area contributed by atoms with Gasteiger partial charge in [-0.15, -0.1) is 0 Å². The molecular weight excluding hydrogens is 360 g/mol. The first-order chi connectivity index (χ1) is 14.1. The Balaban J connectivity index is 1.13. The molecule has 1 N–H and O–H groups in total. The maximum atomic E-state index is 12.7. The zero-order valence-corrected chi connectivity index (χ0v) is 17.5. The molecule has 0 atom stereocenters. The Morgan fingerprint density at radius 1 is 0.897 bits per heavy atom. The quantitative estimate of drug-likeness (QED) is 0.797. The molecule has 1 heterocycles. The van der Waals surface area contributed by atoms with E-state index in [2.05, 4.69) is 5.32 Å². The van der Waals surface area contributed by atoms with Gasteiger partial charge in [0, 0.05) is 31.6 Å². The molecule has 29 heavy (non-hydrogen) atoms. The van der Waals surface area contributed by atoms with Crippen molar-refractivity contribution in [2.24, 2.45) is 23.2 Å². The van der Waals surface area contributed by atoms with Crippen LogP contribution < -0.4 is 5.32 Å². The van der Waals surface area contributed by atoms with Crippen LogP contribution in [0.3, 0.4) is 0 Å². The largest absolute Gasteiger partial charge is 0.352 e. The second kappa shape index (κ2) is 7.77. The average molecular weight is 395 g/mol. The number of carbonyl (C=O) groups is 2. The Kier molecular flexibility index (Phi) is 5.13. The van der Waals surface area contributed by atoms with E-state index in [4.69, 9.17) is 0 Å². The fraction of sp³-hybridized carbons (Fsp3) is 0.680. The van der Waals surface area contributed by atoms with E-state index in [1.807, 2.05) is 29.2 Å². The van der Waals surface area contributed by atoms with Crippen molar-refractivity contribution in [3.05, 3.63) is 35.4 Å². The molecule has 5 fully saturated rings. The molecule has 4 aliphatic carbocycles. The molecule has 0 spiro atoms. The smallest absolute Gasteiger partial charge is 0.253 e. The van der Waals surface area contributed by atoms with Crippen LogP contribution in [0, 0.1) is 23.2 Å². The monoisotopic (exact) mass is 394 g/mol. The fourth-order valence-electron chi connectivity index (χ4n) is 7.15. The summed E-state index contributed by atoms with van der Waals surface area (Å²) in [6, 6.07) is 7.80. The highest BCUT2D eigenvalue weighted by atomic mass is 16.2. The topological polar surface area (TPSA) is 49.4 Å². The zero-order valence-electron chi connectivity index (χ0n) is 17.5. The molecule has 1 saturated heterocycles. The number of nitrogens with zero attached hydrogens (tertiary/aromatic N) is 1. The van der Waals surface area contributed by atoms with Crippen molar-refractivity contribution in [1.82, 2.24) is 10.2 Å². The van der Waals surface area contributed by atoms with Gasteiger partial charge in [0.2, 0.25) is 5.91 Å². The molecule has 1 aromatic carbocycles. The van der Waals surface area contributed by atoms with Gasteiger partial charge in [0.25, 0.3) is 5.91 Å². The third-order valence-electron chi connectivity index (χ3n) is 8.03. The first-order valence-corrected chi connectivity index (χ1v) is 11.7. The Morgan fingerprint density at radius 3 is 2.07 bits per heavy atom. The zero-order chi connectivity index (χ0) is 19.8. The summed E-state index contributed by atoms with van der Waals surface area (Å²) in [4.78, 5) is 27.3. The van der Waals surface area contributed by atoms with E-state index in [1.54, 1.807) is 0 Å². The van der Waals surface area contributed by atoms with Gasteiger partial charge in [-0.2, -0.15) is 0 Å². The third-order valence-corrected chi connectivity index (χ3v) is 8.03. The first-order valence-electron chi connectivity index (χ1n) is 11.7. The molecule has 156 valence electrons. The summed E-state index contributed by atoms with van der Waals surface area (Å²) in [5.74, 6) is 3.01. The lowest BCUT2D eigenvalue weighted by Crippen LogP contribution is -2.47. The molecule has 4 bridgehead atoms. The lowest BCUT2D eigenvalue weighted by molar-refractivity contribution is -0.129. The number of rotatable bonds is 5. The van der Waals surface area contributed by atoms with Gasteiger partial charge in [-0.05, 0) is 98.7 Å². The molecule has 1 aliphatic heterocycles. The van der Waals surface area contributed by atoms with E-state index in [-0.39, 0.29) is 11.8 Å². The number of hydrogen-bond acceptors (Lipinski definition) is 2. The number of likely N-dealkylation sites (tertiary alicyclic amines) is 1. The normalized spacial score (nSPS) is 33.0. The minimum absolute atomic E-state index is 0.141. The van der Waals surface area contributed by atoms with Crippen LogP contribution in [0.4, 0.5) is 0 Å². The minimum Gasteiger partial charge on any atom is -0.352 e. The van der Waals surface area contributed by atoms with Crippen molar-refractivity contribution < 1.29 is 9.59 Å². The first kappa shape index (κ1) is 19.1. The molecule has 1 aromatic rings. The summed E-state index contributed by atoms with van der Waals surface area (Å²) < 4.78 is 0. The van der Waals surface area contributed by atoms with Crippen LogP contribution in [-0.4, -0.2) is 29.8 Å². The van der Waals surface area contributed by atoms with Crippen LogP contribution in [0.25, 0.3) is 0 Å². The summed E-state index contributed by atoms with van der Waals surface area (Å²) >= 11 is 0. The van der Waals surface area contributed by atoms with E-state index < -0.39 is 0 Å². The van der Waals surface area contributed by atoms with Crippen molar-refractivity contribution >= 4 is 11.8 Å². The molecular formula is C25H34N2O2. The van der Waals surface area contributed by atoms with E-state index in [1.165, 1.54) is 44.9 Å². The maximum absolute atomic E-state index is 12.7. The highest BCUT2D eigenvalue weighted by molar-refractivity contribution is 5.94. The van der Waals surface area contributed by atoms with Crippen LogP contribution in [0.5, 0.6) is 0 Å². The van der Waals surface area contributed by atoms with Crippen LogP contribution >= 0.6 is 0 Å². The van der Waals surface area contributed by atoms with Crippen molar-refractivity contribution in [3.63, 3.8) is 0 Å². The van der Waals surface area contributed by atoms with Crippen LogP contribution in [0.2, 0.25) is 0 Å². The Morgan fingerprint density at radius 2 is 1.48 bits per heavy atom. The average Bonchev–Trinajstić information content (AvgIpc) is 2.71. The lowest BCUT2D eigenvalue weighted by Gasteiger charge is -2.56. The molecule has 0 unspecified atom stereocenters. The third kappa shape index (κ3) is 4.08. The number of benzene rings is 1. The molecule has 6 rings (SSSR count). The number of carbonyl (C=O) groups excluding carboxylic acids is 2. The Bertz CT molecular complexity index is 728. The van der Waals surface area contributed by atoms with Crippen molar-refractivity contribution in [3.8, 4) is 0 Å². The van der Waals surface area contributed by atoms with E-state index >= 15 is 0 Å². The van der Waals surface area contributed by atoms with Gasteiger partial charge < -0.3 is 10.2 Å². The molecule has 0 radical (unpaired) electrons. The number of amides is 2. The fourth-order valence-corrected chi connectivity index (χ4v) is 7.15. The summed E-state index contributed by atoms with van der Waals surface area (Å²) in [5, 5.41) is 3.15. The predicted octanol–water partition coefficient (Wildman–Crippen LogP) is 4.54. The molecule has 0 aromatic heterocycles.